The molecule has 2 nitrogen and oxygen atoms in total. The molecule has 0 saturated carbocycles. The first-order chi connectivity index (χ1) is 9.19. The molecule has 0 unspecified atom stereocenters. The molecule has 3 rings (SSSR count). The second kappa shape index (κ2) is 5.09. The first-order valence-electron chi connectivity index (χ1n) is 5.68. The van der Waals surface area contributed by atoms with Crippen molar-refractivity contribution in [2.24, 2.45) is 0 Å². The first kappa shape index (κ1) is 12.9. The Labute approximate surface area is 128 Å². The van der Waals surface area contributed by atoms with E-state index in [9.17, 15) is 4.39 Å². The minimum absolute atomic E-state index is 0.277. The molecule has 0 aliphatic rings. The Balaban J connectivity index is 2.34. The molecule has 0 aliphatic carbocycles. The number of nitrogens with zero attached hydrogens (tertiary/aromatic N) is 2. The molecule has 0 spiro atoms. The van der Waals surface area contributed by atoms with E-state index in [1.54, 1.807) is 6.07 Å². The Morgan fingerprint density at radius 1 is 1.21 bits per heavy atom. The average Bonchev–Trinajstić information content (AvgIpc) is 2.76. The number of alkyl halides is 1. The second-order valence-electron chi connectivity index (χ2n) is 4.11. The summed E-state index contributed by atoms with van der Waals surface area (Å²) in [5.41, 5.74) is 2.42. The maximum atomic E-state index is 13.4. The Bertz CT molecular complexity index is 754. The molecule has 0 bridgehead atoms. The van der Waals surface area contributed by atoms with Gasteiger partial charge in [0.1, 0.15) is 11.6 Å². The van der Waals surface area contributed by atoms with E-state index in [4.69, 9.17) is 11.6 Å². The van der Waals surface area contributed by atoms with Gasteiger partial charge in [-0.2, -0.15) is 0 Å². The van der Waals surface area contributed by atoms with Gasteiger partial charge in [-0.05, 0) is 52.9 Å². The number of hydrogen-bond donors (Lipinski definition) is 0. The van der Waals surface area contributed by atoms with Crippen LogP contribution in [0.4, 0.5) is 4.39 Å². The summed E-state index contributed by atoms with van der Waals surface area (Å²) in [5, 5.41) is 0. The maximum Gasteiger partial charge on any atom is 0.129 e. The summed E-state index contributed by atoms with van der Waals surface area (Å²) >= 11 is 8.20. The Kier molecular flexibility index (Phi) is 3.45. The van der Waals surface area contributed by atoms with Crippen molar-refractivity contribution in [2.45, 2.75) is 5.88 Å². The zero-order valence-electron chi connectivity index (χ0n) is 9.78. The smallest absolute Gasteiger partial charge is 0.129 e. The van der Waals surface area contributed by atoms with E-state index in [0.29, 0.717) is 5.82 Å². The first-order valence-corrected chi connectivity index (χ1v) is 7.29. The van der Waals surface area contributed by atoms with Gasteiger partial charge in [0.15, 0.2) is 0 Å². The molecule has 3 aromatic rings. The van der Waals surface area contributed by atoms with Crippen LogP contribution < -0.4 is 0 Å². The lowest BCUT2D eigenvalue weighted by atomic mass is 10.2. The van der Waals surface area contributed by atoms with E-state index >= 15 is 0 Å². The quantitative estimate of drug-likeness (QED) is 0.468. The zero-order valence-corrected chi connectivity index (χ0v) is 12.7. The molecule has 0 N–H and O–H groups in total. The van der Waals surface area contributed by atoms with Crippen molar-refractivity contribution < 1.29 is 4.39 Å². The second-order valence-corrected chi connectivity index (χ2v) is 5.62. The van der Waals surface area contributed by atoms with E-state index in [1.165, 1.54) is 12.1 Å². The number of benzene rings is 2. The monoisotopic (exact) mass is 386 g/mol. The highest BCUT2D eigenvalue weighted by atomic mass is 127. The fraction of sp³-hybridized carbons (Fsp3) is 0.0714. The van der Waals surface area contributed by atoms with Crippen LogP contribution in [0.15, 0.2) is 42.5 Å². The molecular weight excluding hydrogens is 378 g/mol. The highest BCUT2D eigenvalue weighted by Crippen LogP contribution is 2.24. The van der Waals surface area contributed by atoms with Gasteiger partial charge in [0.05, 0.1) is 16.9 Å². The third kappa shape index (κ3) is 2.34. The van der Waals surface area contributed by atoms with Gasteiger partial charge in [0, 0.05) is 15.3 Å². The van der Waals surface area contributed by atoms with Crippen LogP contribution in [0, 0.1) is 9.39 Å². The van der Waals surface area contributed by atoms with Crippen LogP contribution in [0.2, 0.25) is 0 Å². The number of imidazole rings is 1. The van der Waals surface area contributed by atoms with Gasteiger partial charge in [0.25, 0.3) is 0 Å². The van der Waals surface area contributed by atoms with E-state index in [1.807, 2.05) is 28.8 Å². The van der Waals surface area contributed by atoms with Crippen LogP contribution in [0.25, 0.3) is 16.7 Å². The number of rotatable bonds is 2. The number of hydrogen-bond acceptors (Lipinski definition) is 1. The van der Waals surface area contributed by atoms with Gasteiger partial charge in [-0.1, -0.05) is 6.07 Å². The van der Waals surface area contributed by atoms with Crippen molar-refractivity contribution in [2.75, 3.05) is 0 Å². The van der Waals surface area contributed by atoms with Crippen LogP contribution in [-0.2, 0) is 5.88 Å². The van der Waals surface area contributed by atoms with Crippen LogP contribution in [0.3, 0.4) is 0 Å². The van der Waals surface area contributed by atoms with E-state index in [-0.39, 0.29) is 11.7 Å². The van der Waals surface area contributed by atoms with Crippen LogP contribution in [-0.4, -0.2) is 9.55 Å². The molecule has 0 aliphatic heterocycles. The molecule has 0 radical (unpaired) electrons. The minimum Gasteiger partial charge on any atom is -0.295 e. The van der Waals surface area contributed by atoms with Crippen molar-refractivity contribution in [1.82, 2.24) is 9.55 Å². The van der Waals surface area contributed by atoms with E-state index in [2.05, 4.69) is 27.6 Å². The summed E-state index contributed by atoms with van der Waals surface area (Å²) in [4.78, 5) is 4.44. The molecule has 1 heterocycles. The van der Waals surface area contributed by atoms with Crippen LogP contribution in [0.5, 0.6) is 0 Å². The van der Waals surface area contributed by atoms with Gasteiger partial charge in [-0.25, -0.2) is 9.37 Å². The summed E-state index contributed by atoms with van der Waals surface area (Å²) in [5.74, 6) is 0.714. The van der Waals surface area contributed by atoms with Gasteiger partial charge >= 0.3 is 0 Å². The zero-order chi connectivity index (χ0) is 13.4. The van der Waals surface area contributed by atoms with Crippen molar-refractivity contribution in [1.29, 1.82) is 0 Å². The number of aromatic nitrogens is 2. The van der Waals surface area contributed by atoms with Crippen LogP contribution >= 0.6 is 34.2 Å². The van der Waals surface area contributed by atoms with Gasteiger partial charge < -0.3 is 0 Å². The van der Waals surface area contributed by atoms with Crippen molar-refractivity contribution in [3.05, 3.63) is 57.7 Å². The molecule has 0 amide bonds. The molecule has 0 fully saturated rings. The molecule has 0 atom stereocenters. The Morgan fingerprint density at radius 2 is 2.05 bits per heavy atom. The highest BCUT2D eigenvalue weighted by Gasteiger charge is 2.12. The van der Waals surface area contributed by atoms with Gasteiger partial charge in [-0.3, -0.25) is 4.57 Å². The normalized spacial score (nSPS) is 11.1. The minimum atomic E-state index is -0.277. The SMILES string of the molecule is Fc1ccc2nc(CCl)n(-c3cccc(I)c3)c2c1. The third-order valence-corrected chi connectivity index (χ3v) is 3.78. The predicted molar refractivity (Wildman–Crippen MR) is 83.3 cm³/mol. The molecule has 1 aromatic heterocycles. The number of halogens is 3. The summed E-state index contributed by atoms with van der Waals surface area (Å²) in [7, 11) is 0. The summed E-state index contributed by atoms with van der Waals surface area (Å²) < 4.78 is 16.5. The largest absolute Gasteiger partial charge is 0.295 e. The average molecular weight is 387 g/mol. The van der Waals surface area contributed by atoms with Gasteiger partial charge in [-0.15, -0.1) is 11.6 Å². The lowest BCUT2D eigenvalue weighted by Gasteiger charge is -2.08. The predicted octanol–water partition coefficient (Wildman–Crippen LogP) is 4.51. The van der Waals surface area contributed by atoms with Gasteiger partial charge in [0.2, 0.25) is 0 Å². The van der Waals surface area contributed by atoms with Crippen LogP contribution in [0.1, 0.15) is 5.82 Å². The molecule has 0 saturated heterocycles. The molecular formula is C14H9ClFIN2. The maximum absolute atomic E-state index is 13.4. The molecule has 5 heteroatoms. The number of fused-ring (bicyclic) bond motifs is 1. The van der Waals surface area contributed by atoms with Crippen molar-refractivity contribution >= 4 is 45.2 Å². The lowest BCUT2D eigenvalue weighted by Crippen LogP contribution is -1.99. The summed E-state index contributed by atoms with van der Waals surface area (Å²) in [6.45, 7) is 0. The Hall–Kier alpha value is -1.14. The third-order valence-electron chi connectivity index (χ3n) is 2.87. The molecule has 96 valence electrons. The topological polar surface area (TPSA) is 17.8 Å². The Morgan fingerprint density at radius 3 is 2.79 bits per heavy atom. The fourth-order valence-electron chi connectivity index (χ4n) is 2.09. The molecule has 2 aromatic carbocycles. The standard InChI is InChI=1S/C14H9ClFIN2/c15-8-14-18-12-5-4-9(16)6-13(12)19(14)11-3-1-2-10(17)7-11/h1-7H,8H2. The highest BCUT2D eigenvalue weighted by molar-refractivity contribution is 14.1. The fourth-order valence-corrected chi connectivity index (χ4v) is 2.80. The molecule has 19 heavy (non-hydrogen) atoms. The van der Waals surface area contributed by atoms with Crippen molar-refractivity contribution in [3.8, 4) is 5.69 Å². The lowest BCUT2D eigenvalue weighted by molar-refractivity contribution is 0.629. The summed E-state index contributed by atoms with van der Waals surface area (Å²) in [6.07, 6.45) is 0. The van der Waals surface area contributed by atoms with E-state index < -0.39 is 0 Å². The summed E-state index contributed by atoms with van der Waals surface area (Å²) in [6, 6.07) is 12.5. The van der Waals surface area contributed by atoms with Crippen molar-refractivity contribution in [3.63, 3.8) is 0 Å². The van der Waals surface area contributed by atoms with E-state index in [0.717, 1.165) is 20.3 Å².